The number of benzene rings is 1. The minimum absolute atomic E-state index is 0.0238. The summed E-state index contributed by atoms with van der Waals surface area (Å²) in [7, 11) is -3.54. The molecule has 0 aromatic heterocycles. The second-order valence-electron chi connectivity index (χ2n) is 9.76. The van der Waals surface area contributed by atoms with Crippen molar-refractivity contribution in [1.29, 1.82) is 0 Å². The fourth-order valence-electron chi connectivity index (χ4n) is 4.11. The van der Waals surface area contributed by atoms with Gasteiger partial charge in [0, 0.05) is 6.04 Å². The lowest BCUT2D eigenvalue weighted by Crippen LogP contribution is -3.19. The molecule has 1 amide bonds. The molecule has 1 aromatic carbocycles. The third kappa shape index (κ3) is 4.84. The molecular weight excluding hydrogens is 386 g/mol. The quantitative estimate of drug-likeness (QED) is 0.748. The van der Waals surface area contributed by atoms with Gasteiger partial charge in [-0.15, -0.1) is 0 Å². The molecule has 2 aliphatic rings. The van der Waals surface area contributed by atoms with Gasteiger partial charge in [-0.3, -0.25) is 4.79 Å². The summed E-state index contributed by atoms with van der Waals surface area (Å²) in [5, 5.41) is 3.06. The van der Waals surface area contributed by atoms with Crippen LogP contribution in [0.3, 0.4) is 0 Å². The van der Waals surface area contributed by atoms with Gasteiger partial charge in [0.2, 0.25) is 10.0 Å². The monoisotopic (exact) mass is 422 g/mol. The Hall–Kier alpha value is -1.44. The highest BCUT2D eigenvalue weighted by atomic mass is 32.2. The first kappa shape index (κ1) is 22.2. The number of nitrogens with one attached hydrogen (secondary N) is 2. The molecule has 0 bridgehead atoms. The van der Waals surface area contributed by atoms with Crippen LogP contribution < -0.4 is 10.2 Å². The number of amides is 1. The highest BCUT2D eigenvalue weighted by molar-refractivity contribution is 7.89. The van der Waals surface area contributed by atoms with Crippen molar-refractivity contribution in [3.05, 3.63) is 28.8 Å². The Morgan fingerprint density at radius 3 is 2.10 bits per heavy atom. The molecule has 1 heterocycles. The Labute approximate surface area is 175 Å². The molecule has 1 saturated carbocycles. The first-order valence-corrected chi connectivity index (χ1v) is 12.1. The molecule has 29 heavy (non-hydrogen) atoms. The van der Waals surface area contributed by atoms with E-state index in [0.717, 1.165) is 34.4 Å². The van der Waals surface area contributed by atoms with Gasteiger partial charge in [-0.2, -0.15) is 4.31 Å². The Morgan fingerprint density at radius 2 is 1.66 bits per heavy atom. The van der Waals surface area contributed by atoms with Crippen LogP contribution in [0.15, 0.2) is 17.0 Å². The summed E-state index contributed by atoms with van der Waals surface area (Å²) in [5.74, 6) is 0.0864. The summed E-state index contributed by atoms with van der Waals surface area (Å²) in [6, 6.07) is 4.22. The molecule has 0 unspecified atom stereocenters. The molecular formula is C22H36N3O3S+. The maximum absolute atomic E-state index is 13.4. The van der Waals surface area contributed by atoms with Crippen molar-refractivity contribution in [2.24, 2.45) is 0 Å². The molecule has 3 rings (SSSR count). The zero-order valence-corrected chi connectivity index (χ0v) is 19.4. The number of carbonyl (C=O) groups is 1. The van der Waals surface area contributed by atoms with E-state index in [9.17, 15) is 13.2 Å². The number of piperazine rings is 1. The summed E-state index contributed by atoms with van der Waals surface area (Å²) in [5.41, 5.74) is 2.74. The standard InChI is InChI=1S/C22H35N3O3S/c1-15-13-18(22(4,5)6)14-16(2)20(15)29(27,28)25-11-9-24(10-12-25)17(3)21(26)23-19-7-8-19/h13-14,17,19H,7-12H2,1-6H3,(H,23,26)/p+1/t17-/m1/s1. The van der Waals surface area contributed by atoms with E-state index >= 15 is 0 Å². The lowest BCUT2D eigenvalue weighted by molar-refractivity contribution is -0.917. The highest BCUT2D eigenvalue weighted by Crippen LogP contribution is 2.30. The zero-order valence-electron chi connectivity index (χ0n) is 18.6. The number of hydrogen-bond acceptors (Lipinski definition) is 3. The van der Waals surface area contributed by atoms with E-state index in [1.54, 1.807) is 4.31 Å². The van der Waals surface area contributed by atoms with Crippen LogP contribution in [0.4, 0.5) is 0 Å². The topological polar surface area (TPSA) is 70.9 Å². The highest BCUT2D eigenvalue weighted by Gasteiger charge is 2.37. The van der Waals surface area contributed by atoms with Crippen molar-refractivity contribution in [1.82, 2.24) is 9.62 Å². The van der Waals surface area contributed by atoms with E-state index in [4.69, 9.17) is 0 Å². The second kappa shape index (κ2) is 8.00. The van der Waals surface area contributed by atoms with Crippen LogP contribution in [0.1, 0.15) is 57.2 Å². The minimum Gasteiger partial charge on any atom is -0.348 e. The van der Waals surface area contributed by atoms with Crippen molar-refractivity contribution >= 4 is 15.9 Å². The number of nitrogens with zero attached hydrogens (tertiary/aromatic N) is 1. The average Bonchev–Trinajstić information content (AvgIpc) is 3.43. The van der Waals surface area contributed by atoms with E-state index in [0.29, 0.717) is 37.1 Å². The summed E-state index contributed by atoms with van der Waals surface area (Å²) in [4.78, 5) is 13.9. The maximum atomic E-state index is 13.4. The third-order valence-electron chi connectivity index (χ3n) is 6.22. The fourth-order valence-corrected chi connectivity index (χ4v) is 5.96. The summed E-state index contributed by atoms with van der Waals surface area (Å²) >= 11 is 0. The van der Waals surface area contributed by atoms with Crippen molar-refractivity contribution < 1.29 is 18.1 Å². The van der Waals surface area contributed by atoms with Gasteiger partial charge in [0.1, 0.15) is 0 Å². The molecule has 6 nitrogen and oxygen atoms in total. The van der Waals surface area contributed by atoms with Gasteiger partial charge in [-0.05, 0) is 55.7 Å². The number of rotatable bonds is 5. The van der Waals surface area contributed by atoms with Gasteiger partial charge >= 0.3 is 0 Å². The molecule has 1 atom stereocenters. The third-order valence-corrected chi connectivity index (χ3v) is 8.42. The van der Waals surface area contributed by atoms with E-state index in [2.05, 4.69) is 26.1 Å². The first-order valence-electron chi connectivity index (χ1n) is 10.7. The van der Waals surface area contributed by atoms with Crippen molar-refractivity contribution in [2.75, 3.05) is 26.2 Å². The number of aryl methyl sites for hydroxylation is 2. The summed E-state index contributed by atoms with van der Waals surface area (Å²) in [6.45, 7) is 14.3. The van der Waals surface area contributed by atoms with E-state index in [-0.39, 0.29) is 17.4 Å². The predicted molar refractivity (Wildman–Crippen MR) is 115 cm³/mol. The predicted octanol–water partition coefficient (Wildman–Crippen LogP) is 1.16. The maximum Gasteiger partial charge on any atom is 0.278 e. The van der Waals surface area contributed by atoms with Gasteiger partial charge in [0.05, 0.1) is 31.1 Å². The molecule has 1 aliphatic heterocycles. The van der Waals surface area contributed by atoms with Gasteiger partial charge in [-0.25, -0.2) is 8.42 Å². The molecule has 162 valence electrons. The molecule has 0 spiro atoms. The lowest BCUT2D eigenvalue weighted by Gasteiger charge is -2.34. The first-order chi connectivity index (χ1) is 13.4. The largest absolute Gasteiger partial charge is 0.348 e. The normalized spacial score (nSPS) is 20.5. The van der Waals surface area contributed by atoms with Crippen molar-refractivity contribution in [3.8, 4) is 0 Å². The van der Waals surface area contributed by atoms with Gasteiger partial charge in [0.25, 0.3) is 5.91 Å². The average molecular weight is 423 g/mol. The van der Waals surface area contributed by atoms with Crippen LogP contribution in [0, 0.1) is 13.8 Å². The molecule has 1 aliphatic carbocycles. The SMILES string of the molecule is Cc1cc(C(C)(C)C)cc(C)c1S(=O)(=O)N1CC[NH+]([C@H](C)C(=O)NC2CC2)CC1. The Balaban J connectivity index is 1.72. The Morgan fingerprint density at radius 1 is 1.14 bits per heavy atom. The van der Waals surface area contributed by atoms with Crippen LogP contribution in [-0.2, 0) is 20.2 Å². The van der Waals surface area contributed by atoms with Crippen LogP contribution in [0.2, 0.25) is 0 Å². The number of hydrogen-bond donors (Lipinski definition) is 2. The molecule has 2 N–H and O–H groups in total. The molecule has 1 saturated heterocycles. The zero-order chi connectivity index (χ0) is 21.6. The minimum atomic E-state index is -3.54. The Bertz CT molecular complexity index is 854. The molecule has 1 aromatic rings. The van der Waals surface area contributed by atoms with Gasteiger partial charge in [0.15, 0.2) is 6.04 Å². The van der Waals surface area contributed by atoms with Gasteiger partial charge < -0.3 is 10.2 Å². The van der Waals surface area contributed by atoms with Gasteiger partial charge in [-0.1, -0.05) is 32.9 Å². The smallest absolute Gasteiger partial charge is 0.278 e. The number of carbonyl (C=O) groups excluding carboxylic acids is 1. The van der Waals surface area contributed by atoms with Crippen LogP contribution in [0.5, 0.6) is 0 Å². The van der Waals surface area contributed by atoms with Crippen LogP contribution >= 0.6 is 0 Å². The van der Waals surface area contributed by atoms with Crippen LogP contribution in [0.25, 0.3) is 0 Å². The lowest BCUT2D eigenvalue weighted by atomic mass is 9.85. The van der Waals surface area contributed by atoms with Crippen molar-refractivity contribution in [2.45, 2.75) is 76.8 Å². The molecule has 2 fully saturated rings. The van der Waals surface area contributed by atoms with E-state index in [1.165, 1.54) is 0 Å². The van der Waals surface area contributed by atoms with E-state index in [1.807, 2.05) is 32.9 Å². The second-order valence-corrected chi connectivity index (χ2v) is 11.6. The summed E-state index contributed by atoms with van der Waals surface area (Å²) in [6.07, 6.45) is 2.15. The fraction of sp³-hybridized carbons (Fsp3) is 0.682. The number of sulfonamides is 1. The Kier molecular flexibility index (Phi) is 6.14. The molecule has 0 radical (unpaired) electrons. The van der Waals surface area contributed by atoms with Crippen molar-refractivity contribution in [3.63, 3.8) is 0 Å². The van der Waals surface area contributed by atoms with Crippen LogP contribution in [-0.4, -0.2) is 56.9 Å². The number of quaternary nitrogens is 1. The van der Waals surface area contributed by atoms with E-state index < -0.39 is 10.0 Å². The summed E-state index contributed by atoms with van der Waals surface area (Å²) < 4.78 is 28.4. The molecule has 7 heteroatoms.